The average Bonchev–Trinajstić information content (AvgIpc) is 2.63. The molecule has 9 nitrogen and oxygen atoms in total. The van der Waals surface area contributed by atoms with Crippen LogP contribution in [0, 0.1) is 0 Å². The summed E-state index contributed by atoms with van der Waals surface area (Å²) in [7, 11) is 0. The van der Waals surface area contributed by atoms with Gasteiger partial charge in [0.15, 0.2) is 18.3 Å². The van der Waals surface area contributed by atoms with Crippen molar-refractivity contribution in [2.75, 3.05) is 6.61 Å². The second-order valence-electron chi connectivity index (χ2n) is 6.67. The molecule has 0 saturated carbocycles. The van der Waals surface area contributed by atoms with Gasteiger partial charge in [-0.2, -0.15) is 0 Å². The van der Waals surface area contributed by atoms with Crippen molar-refractivity contribution in [3.05, 3.63) is 34.9 Å². The van der Waals surface area contributed by atoms with Crippen molar-refractivity contribution in [2.24, 2.45) is 0 Å². The third-order valence-corrected chi connectivity index (χ3v) is 4.44. The Kier molecular flexibility index (Phi) is 8.19. The lowest BCUT2D eigenvalue weighted by molar-refractivity contribution is -0.254. The molecular weight excluding hydrogens is 420 g/mol. The largest absolute Gasteiger partial charge is 0.463 e. The third kappa shape index (κ3) is 6.43. The van der Waals surface area contributed by atoms with E-state index in [4.69, 9.17) is 35.3 Å². The minimum absolute atomic E-state index is 0.276. The van der Waals surface area contributed by atoms with Gasteiger partial charge >= 0.3 is 23.9 Å². The molecule has 30 heavy (non-hydrogen) atoms. The zero-order valence-corrected chi connectivity index (χ0v) is 17.7. The first-order chi connectivity index (χ1) is 14.1. The normalized spacial score (nSPS) is 25.7. The van der Waals surface area contributed by atoms with Crippen molar-refractivity contribution >= 4 is 35.5 Å². The second kappa shape index (κ2) is 10.4. The zero-order chi connectivity index (χ0) is 22.4. The SMILES string of the molecule is CC(=O)OCC1OC(c2ccc(Cl)cc2)C(OC(C)=O)C(OC(C)=O)C1OC(C)=O. The Morgan fingerprint density at radius 2 is 1.30 bits per heavy atom. The fourth-order valence-corrected chi connectivity index (χ4v) is 3.28. The van der Waals surface area contributed by atoms with Crippen LogP contribution in [0.15, 0.2) is 24.3 Å². The lowest BCUT2D eigenvalue weighted by Gasteiger charge is -2.44. The molecule has 5 atom stereocenters. The fraction of sp³-hybridized carbons (Fsp3) is 0.500. The molecule has 5 unspecified atom stereocenters. The van der Waals surface area contributed by atoms with Crippen LogP contribution in [0.25, 0.3) is 0 Å². The predicted octanol–water partition coefficient (Wildman–Crippen LogP) is 2.14. The van der Waals surface area contributed by atoms with Gasteiger partial charge in [-0.1, -0.05) is 23.7 Å². The number of carbonyl (C=O) groups excluding carboxylic acids is 4. The van der Waals surface area contributed by atoms with E-state index in [0.717, 1.165) is 0 Å². The standard InChI is InChI=1S/C20H23ClO9/c1-10(22)26-9-16-18(27-11(2)23)20(29-13(4)25)19(28-12(3)24)17(30-16)14-5-7-15(21)8-6-14/h5-8,16-20H,9H2,1-4H3. The minimum Gasteiger partial charge on any atom is -0.463 e. The highest BCUT2D eigenvalue weighted by Crippen LogP contribution is 2.37. The number of halogens is 1. The molecule has 164 valence electrons. The minimum atomic E-state index is -1.20. The number of benzene rings is 1. The van der Waals surface area contributed by atoms with E-state index in [2.05, 4.69) is 0 Å². The number of carbonyl (C=O) groups is 4. The van der Waals surface area contributed by atoms with Gasteiger partial charge in [0.2, 0.25) is 0 Å². The Bertz CT molecular complexity index is 792. The summed E-state index contributed by atoms with van der Waals surface area (Å²) in [6.07, 6.45) is -5.42. The first kappa shape index (κ1) is 23.6. The van der Waals surface area contributed by atoms with Crippen LogP contribution in [0.4, 0.5) is 0 Å². The Morgan fingerprint density at radius 1 is 0.800 bits per heavy atom. The van der Waals surface area contributed by atoms with Crippen LogP contribution in [0.1, 0.15) is 39.4 Å². The van der Waals surface area contributed by atoms with E-state index < -0.39 is 54.4 Å². The summed E-state index contributed by atoms with van der Waals surface area (Å²) >= 11 is 5.95. The van der Waals surface area contributed by atoms with Gasteiger partial charge in [-0.25, -0.2) is 0 Å². The molecule has 2 rings (SSSR count). The van der Waals surface area contributed by atoms with Gasteiger partial charge in [0, 0.05) is 32.7 Å². The van der Waals surface area contributed by atoms with Crippen molar-refractivity contribution in [3.8, 4) is 0 Å². The summed E-state index contributed by atoms with van der Waals surface area (Å²) in [5.74, 6) is -2.59. The van der Waals surface area contributed by atoms with Crippen molar-refractivity contribution in [2.45, 2.75) is 58.2 Å². The molecule has 1 aliphatic rings. The van der Waals surface area contributed by atoms with Gasteiger partial charge in [-0.3, -0.25) is 19.2 Å². The van der Waals surface area contributed by atoms with E-state index in [0.29, 0.717) is 10.6 Å². The van der Waals surface area contributed by atoms with Crippen LogP contribution < -0.4 is 0 Å². The maximum atomic E-state index is 11.8. The molecule has 1 aromatic rings. The van der Waals surface area contributed by atoms with Crippen molar-refractivity contribution in [3.63, 3.8) is 0 Å². The van der Waals surface area contributed by atoms with Crippen molar-refractivity contribution < 1.29 is 42.9 Å². The summed E-state index contributed by atoms with van der Waals surface area (Å²) in [6.45, 7) is 4.46. The Labute approximate surface area is 178 Å². The number of hydrogen-bond donors (Lipinski definition) is 0. The first-order valence-corrected chi connectivity index (χ1v) is 9.52. The highest BCUT2D eigenvalue weighted by molar-refractivity contribution is 6.30. The molecule has 0 bridgehead atoms. The molecule has 1 saturated heterocycles. The second-order valence-corrected chi connectivity index (χ2v) is 7.11. The summed E-state index contributed by atoms with van der Waals surface area (Å²) in [4.78, 5) is 46.6. The molecule has 0 radical (unpaired) electrons. The van der Waals surface area contributed by atoms with Crippen LogP contribution in [0.5, 0.6) is 0 Å². The fourth-order valence-electron chi connectivity index (χ4n) is 3.15. The monoisotopic (exact) mass is 442 g/mol. The zero-order valence-electron chi connectivity index (χ0n) is 17.0. The quantitative estimate of drug-likeness (QED) is 0.482. The van der Waals surface area contributed by atoms with Crippen LogP contribution >= 0.6 is 11.6 Å². The molecule has 10 heteroatoms. The van der Waals surface area contributed by atoms with Crippen LogP contribution in [0.3, 0.4) is 0 Å². The van der Waals surface area contributed by atoms with Gasteiger partial charge in [0.25, 0.3) is 0 Å². The maximum Gasteiger partial charge on any atom is 0.303 e. The number of esters is 4. The third-order valence-electron chi connectivity index (χ3n) is 4.19. The van der Waals surface area contributed by atoms with Crippen LogP contribution in [0.2, 0.25) is 5.02 Å². The highest BCUT2D eigenvalue weighted by atomic mass is 35.5. The van der Waals surface area contributed by atoms with Gasteiger partial charge in [0.1, 0.15) is 18.8 Å². The van der Waals surface area contributed by atoms with E-state index in [1.165, 1.54) is 27.7 Å². The highest BCUT2D eigenvalue weighted by Gasteiger charge is 2.52. The van der Waals surface area contributed by atoms with Gasteiger partial charge in [0.05, 0.1) is 0 Å². The van der Waals surface area contributed by atoms with Crippen LogP contribution in [-0.4, -0.2) is 54.9 Å². The van der Waals surface area contributed by atoms with E-state index in [-0.39, 0.29) is 6.61 Å². The Hall–Kier alpha value is -2.65. The van der Waals surface area contributed by atoms with Crippen LogP contribution in [-0.2, 0) is 42.9 Å². The molecule has 1 aliphatic heterocycles. The predicted molar refractivity (Wildman–Crippen MR) is 102 cm³/mol. The first-order valence-electron chi connectivity index (χ1n) is 9.14. The molecule has 1 fully saturated rings. The van der Waals surface area contributed by atoms with Crippen molar-refractivity contribution in [1.82, 2.24) is 0 Å². The van der Waals surface area contributed by atoms with E-state index >= 15 is 0 Å². The summed E-state index contributed by atoms with van der Waals surface area (Å²) in [6, 6.07) is 6.54. The lowest BCUT2D eigenvalue weighted by Crippen LogP contribution is -2.59. The smallest absolute Gasteiger partial charge is 0.303 e. The molecule has 0 aliphatic carbocycles. The summed E-state index contributed by atoms with van der Waals surface area (Å²) in [5.41, 5.74) is 0.567. The van der Waals surface area contributed by atoms with Gasteiger partial charge < -0.3 is 23.7 Å². The molecule has 0 N–H and O–H groups in total. The molecular formula is C20H23ClO9. The van der Waals surface area contributed by atoms with E-state index in [9.17, 15) is 19.2 Å². The van der Waals surface area contributed by atoms with Gasteiger partial charge in [-0.05, 0) is 17.7 Å². The Morgan fingerprint density at radius 3 is 1.80 bits per heavy atom. The lowest BCUT2D eigenvalue weighted by atomic mass is 9.90. The molecule has 0 spiro atoms. The summed E-state index contributed by atoms with van der Waals surface area (Å²) < 4.78 is 27.2. The molecule has 1 aromatic carbocycles. The molecule has 0 aromatic heterocycles. The number of rotatable bonds is 6. The average molecular weight is 443 g/mol. The van der Waals surface area contributed by atoms with E-state index in [1.807, 2.05) is 0 Å². The molecule has 0 amide bonds. The Balaban J connectivity index is 2.51. The molecule has 1 heterocycles. The van der Waals surface area contributed by atoms with Crippen molar-refractivity contribution in [1.29, 1.82) is 0 Å². The number of hydrogen-bond acceptors (Lipinski definition) is 9. The van der Waals surface area contributed by atoms with Gasteiger partial charge in [-0.15, -0.1) is 0 Å². The van der Waals surface area contributed by atoms with E-state index in [1.54, 1.807) is 24.3 Å². The summed E-state index contributed by atoms with van der Waals surface area (Å²) in [5, 5.41) is 0.476. The number of ether oxygens (including phenoxy) is 5. The maximum absolute atomic E-state index is 11.8. The topological polar surface area (TPSA) is 114 Å².